The molecule has 2 amide bonds. The average Bonchev–Trinajstić information content (AvgIpc) is 3.20. The molecular weight excluding hydrogens is 396 g/mol. The van der Waals surface area contributed by atoms with Crippen LogP contribution in [0, 0.1) is 16.0 Å². The van der Waals surface area contributed by atoms with Crippen LogP contribution in [0.15, 0.2) is 54.6 Å². The van der Waals surface area contributed by atoms with E-state index in [1.807, 2.05) is 47.1 Å². The maximum Gasteiger partial charge on any atom is 0.269 e. The van der Waals surface area contributed by atoms with Gasteiger partial charge in [0.05, 0.1) is 16.9 Å². The zero-order valence-electron chi connectivity index (χ0n) is 17.5. The van der Waals surface area contributed by atoms with Crippen LogP contribution >= 0.6 is 0 Å². The molecular formula is C23H26N4O4. The predicted molar refractivity (Wildman–Crippen MR) is 117 cm³/mol. The second-order valence-corrected chi connectivity index (χ2v) is 8.12. The Balaban J connectivity index is 1.33. The molecule has 8 heteroatoms. The van der Waals surface area contributed by atoms with Crippen molar-refractivity contribution in [3.05, 3.63) is 70.3 Å². The fourth-order valence-corrected chi connectivity index (χ4v) is 4.41. The third-order valence-electron chi connectivity index (χ3n) is 6.27. The van der Waals surface area contributed by atoms with Crippen molar-refractivity contribution in [2.24, 2.45) is 5.92 Å². The smallest absolute Gasteiger partial charge is 0.269 e. The second-order valence-electron chi connectivity index (χ2n) is 8.12. The molecule has 0 saturated carbocycles. The summed E-state index contributed by atoms with van der Waals surface area (Å²) in [6.45, 7) is 4.94. The van der Waals surface area contributed by atoms with Gasteiger partial charge >= 0.3 is 0 Å². The van der Waals surface area contributed by atoms with E-state index in [-0.39, 0.29) is 35.9 Å². The van der Waals surface area contributed by atoms with Gasteiger partial charge in [-0.15, -0.1) is 0 Å². The maximum atomic E-state index is 13.1. The van der Waals surface area contributed by atoms with Gasteiger partial charge in [-0.05, 0) is 24.6 Å². The van der Waals surface area contributed by atoms with Gasteiger partial charge in [-0.25, -0.2) is 0 Å². The summed E-state index contributed by atoms with van der Waals surface area (Å²) in [4.78, 5) is 41.9. The molecule has 2 aromatic rings. The first kappa shape index (κ1) is 20.8. The molecule has 162 valence electrons. The first-order valence-corrected chi connectivity index (χ1v) is 10.6. The van der Waals surface area contributed by atoms with E-state index in [9.17, 15) is 19.7 Å². The summed E-state index contributed by atoms with van der Waals surface area (Å²) < 4.78 is 0. The lowest BCUT2D eigenvalue weighted by Gasteiger charge is -2.37. The normalized spacial score (nSPS) is 20.1. The number of amides is 2. The minimum atomic E-state index is -0.411. The highest BCUT2D eigenvalue weighted by molar-refractivity contribution is 5.89. The van der Waals surface area contributed by atoms with Gasteiger partial charge < -0.3 is 14.7 Å². The lowest BCUT2D eigenvalue weighted by Crippen LogP contribution is -2.50. The Kier molecular flexibility index (Phi) is 5.88. The van der Waals surface area contributed by atoms with Gasteiger partial charge in [0, 0.05) is 57.0 Å². The molecule has 2 aliphatic rings. The van der Waals surface area contributed by atoms with Gasteiger partial charge in [0.25, 0.3) is 5.69 Å². The fraction of sp³-hybridized carbons (Fsp3) is 0.391. The van der Waals surface area contributed by atoms with Gasteiger partial charge in [0.2, 0.25) is 11.8 Å². The standard InChI is InChI=1S/C23H26N4O4/c1-17(18-5-3-2-4-6-18)26-16-19(15-22(26)28)23(29)25-13-11-24(12-14-25)20-7-9-21(10-8-20)27(30)31/h2-10,17,19H,11-16H2,1H3/t17-,19-/m0/s1. The lowest BCUT2D eigenvalue weighted by atomic mass is 10.1. The molecule has 0 spiro atoms. The number of carbonyl (C=O) groups excluding carboxylic acids is 2. The number of rotatable bonds is 5. The Morgan fingerprint density at radius 2 is 1.68 bits per heavy atom. The highest BCUT2D eigenvalue weighted by Crippen LogP contribution is 2.30. The minimum absolute atomic E-state index is 0.0271. The van der Waals surface area contributed by atoms with Crippen molar-refractivity contribution in [1.29, 1.82) is 0 Å². The fourth-order valence-electron chi connectivity index (χ4n) is 4.41. The summed E-state index contributed by atoms with van der Waals surface area (Å²) >= 11 is 0. The molecule has 2 atom stereocenters. The number of nitrogens with zero attached hydrogens (tertiary/aromatic N) is 4. The van der Waals surface area contributed by atoms with Gasteiger partial charge in [0.1, 0.15) is 0 Å². The molecule has 2 fully saturated rings. The number of nitro benzene ring substituents is 1. The van der Waals surface area contributed by atoms with Gasteiger partial charge in [-0.3, -0.25) is 19.7 Å². The highest BCUT2D eigenvalue weighted by atomic mass is 16.6. The van der Waals surface area contributed by atoms with Crippen LogP contribution in [-0.2, 0) is 9.59 Å². The van der Waals surface area contributed by atoms with Crippen LogP contribution in [0.5, 0.6) is 0 Å². The third-order valence-corrected chi connectivity index (χ3v) is 6.27. The van der Waals surface area contributed by atoms with Gasteiger partial charge in [0.15, 0.2) is 0 Å². The largest absolute Gasteiger partial charge is 0.368 e. The third kappa shape index (κ3) is 4.38. The van der Waals surface area contributed by atoms with Crippen LogP contribution in [0.2, 0.25) is 0 Å². The van der Waals surface area contributed by atoms with E-state index >= 15 is 0 Å². The molecule has 0 aromatic heterocycles. The van der Waals surface area contributed by atoms with Crippen molar-refractivity contribution in [3.63, 3.8) is 0 Å². The van der Waals surface area contributed by atoms with Crippen molar-refractivity contribution >= 4 is 23.2 Å². The van der Waals surface area contributed by atoms with Crippen LogP contribution in [0.4, 0.5) is 11.4 Å². The minimum Gasteiger partial charge on any atom is -0.368 e. The summed E-state index contributed by atoms with van der Waals surface area (Å²) in [7, 11) is 0. The van der Waals surface area contributed by atoms with E-state index in [1.165, 1.54) is 12.1 Å². The Bertz CT molecular complexity index is 955. The van der Waals surface area contributed by atoms with Crippen molar-refractivity contribution in [2.45, 2.75) is 19.4 Å². The topological polar surface area (TPSA) is 87.0 Å². The number of hydrogen-bond donors (Lipinski definition) is 0. The number of benzene rings is 2. The number of anilines is 1. The van der Waals surface area contributed by atoms with Crippen molar-refractivity contribution in [3.8, 4) is 0 Å². The summed E-state index contributed by atoms with van der Waals surface area (Å²) in [5.41, 5.74) is 2.05. The molecule has 2 heterocycles. The summed E-state index contributed by atoms with van der Waals surface area (Å²) in [5, 5.41) is 10.8. The van der Waals surface area contributed by atoms with Crippen molar-refractivity contribution in [1.82, 2.24) is 9.80 Å². The molecule has 0 bridgehead atoms. The molecule has 0 radical (unpaired) electrons. The Morgan fingerprint density at radius 1 is 1.03 bits per heavy atom. The summed E-state index contributed by atoms with van der Waals surface area (Å²) in [6.07, 6.45) is 0.262. The number of hydrogen-bond acceptors (Lipinski definition) is 5. The monoisotopic (exact) mass is 422 g/mol. The van der Waals surface area contributed by atoms with Gasteiger partial charge in [-0.2, -0.15) is 0 Å². The highest BCUT2D eigenvalue weighted by Gasteiger charge is 2.39. The summed E-state index contributed by atoms with van der Waals surface area (Å²) in [6, 6.07) is 16.3. The zero-order chi connectivity index (χ0) is 22.0. The van der Waals surface area contributed by atoms with Crippen LogP contribution in [0.3, 0.4) is 0 Å². The first-order valence-electron chi connectivity index (χ1n) is 10.6. The van der Waals surface area contributed by atoms with E-state index in [0.717, 1.165) is 11.3 Å². The Labute approximate surface area is 181 Å². The molecule has 0 aliphatic carbocycles. The Hall–Kier alpha value is -3.42. The molecule has 2 aromatic carbocycles. The molecule has 0 N–H and O–H groups in total. The van der Waals surface area contributed by atoms with E-state index in [1.54, 1.807) is 12.1 Å². The zero-order valence-corrected chi connectivity index (χ0v) is 17.5. The van der Waals surface area contributed by atoms with Crippen molar-refractivity contribution < 1.29 is 14.5 Å². The van der Waals surface area contributed by atoms with Crippen LogP contribution in [0.1, 0.15) is 24.9 Å². The molecule has 4 rings (SSSR count). The number of piperazine rings is 1. The van der Waals surface area contributed by atoms with E-state index < -0.39 is 4.92 Å². The molecule has 2 saturated heterocycles. The second kappa shape index (κ2) is 8.75. The predicted octanol–water partition coefficient (Wildman–Crippen LogP) is 2.85. The van der Waals surface area contributed by atoms with Crippen molar-refractivity contribution in [2.75, 3.05) is 37.6 Å². The SMILES string of the molecule is C[C@@H](c1ccccc1)N1C[C@@H](C(=O)N2CCN(c3ccc([N+](=O)[O-])cc3)CC2)CC1=O. The number of non-ortho nitro benzene ring substituents is 1. The first-order chi connectivity index (χ1) is 14.9. The van der Waals surface area contributed by atoms with Crippen LogP contribution in [0.25, 0.3) is 0 Å². The Morgan fingerprint density at radius 3 is 2.29 bits per heavy atom. The number of likely N-dealkylation sites (tertiary alicyclic amines) is 1. The molecule has 2 aliphatic heterocycles. The van der Waals surface area contributed by atoms with E-state index in [2.05, 4.69) is 4.90 Å². The van der Waals surface area contributed by atoms with E-state index in [0.29, 0.717) is 32.7 Å². The maximum absolute atomic E-state index is 13.1. The lowest BCUT2D eigenvalue weighted by molar-refractivity contribution is -0.384. The van der Waals surface area contributed by atoms with E-state index in [4.69, 9.17) is 0 Å². The van der Waals surface area contributed by atoms with Crippen LogP contribution < -0.4 is 4.90 Å². The number of nitro groups is 1. The number of carbonyl (C=O) groups is 2. The van der Waals surface area contributed by atoms with Gasteiger partial charge in [-0.1, -0.05) is 30.3 Å². The average molecular weight is 422 g/mol. The molecule has 8 nitrogen and oxygen atoms in total. The molecule has 31 heavy (non-hydrogen) atoms. The summed E-state index contributed by atoms with van der Waals surface area (Å²) in [5.74, 6) is -0.233. The van der Waals surface area contributed by atoms with Crippen LogP contribution in [-0.4, -0.2) is 59.3 Å². The quantitative estimate of drug-likeness (QED) is 0.546. The molecule has 0 unspecified atom stereocenters.